The average molecular weight is 368 g/mol. The molecule has 144 valence electrons. The minimum absolute atomic E-state index is 0.0464. The molecule has 0 aliphatic carbocycles. The molecule has 1 fully saturated rings. The van der Waals surface area contributed by atoms with E-state index in [1.165, 1.54) is 12.5 Å². The van der Waals surface area contributed by atoms with E-state index in [-0.39, 0.29) is 5.91 Å². The molecular formula is C20H28N6O. The van der Waals surface area contributed by atoms with Crippen molar-refractivity contribution in [2.24, 2.45) is 0 Å². The van der Waals surface area contributed by atoms with E-state index in [1.54, 1.807) is 6.20 Å². The predicted molar refractivity (Wildman–Crippen MR) is 109 cm³/mol. The quantitative estimate of drug-likeness (QED) is 0.816. The van der Waals surface area contributed by atoms with Crippen LogP contribution < -0.4 is 15.5 Å². The molecule has 0 bridgehead atoms. The third-order valence-corrected chi connectivity index (χ3v) is 4.58. The van der Waals surface area contributed by atoms with Gasteiger partial charge in [0, 0.05) is 52.0 Å². The molecule has 1 saturated heterocycles. The van der Waals surface area contributed by atoms with Crippen molar-refractivity contribution in [3.05, 3.63) is 42.1 Å². The van der Waals surface area contributed by atoms with Crippen molar-refractivity contribution in [3.8, 4) is 0 Å². The number of aromatic nitrogens is 2. The summed E-state index contributed by atoms with van der Waals surface area (Å²) in [4.78, 5) is 24.3. The number of amides is 1. The third-order valence-electron chi connectivity index (χ3n) is 4.58. The summed E-state index contributed by atoms with van der Waals surface area (Å²) in [5.74, 6) is 1.54. The smallest absolute Gasteiger partial charge is 0.226 e. The van der Waals surface area contributed by atoms with E-state index in [2.05, 4.69) is 37.6 Å². The molecule has 2 heterocycles. The van der Waals surface area contributed by atoms with Crippen molar-refractivity contribution in [2.45, 2.75) is 32.4 Å². The molecule has 1 aromatic carbocycles. The van der Waals surface area contributed by atoms with Gasteiger partial charge in [0.05, 0.1) is 0 Å². The van der Waals surface area contributed by atoms with E-state index < -0.39 is 0 Å². The van der Waals surface area contributed by atoms with Gasteiger partial charge in [0.2, 0.25) is 11.9 Å². The van der Waals surface area contributed by atoms with Gasteiger partial charge in [-0.2, -0.15) is 4.98 Å². The monoisotopic (exact) mass is 368 g/mol. The van der Waals surface area contributed by atoms with E-state index >= 15 is 0 Å². The van der Waals surface area contributed by atoms with E-state index in [4.69, 9.17) is 0 Å². The molecule has 0 spiro atoms. The Kier molecular flexibility index (Phi) is 6.24. The van der Waals surface area contributed by atoms with Crippen LogP contribution in [0.4, 0.5) is 17.5 Å². The topological polar surface area (TPSA) is 73.4 Å². The Morgan fingerprint density at radius 1 is 1.26 bits per heavy atom. The van der Waals surface area contributed by atoms with Gasteiger partial charge in [-0.05, 0) is 43.1 Å². The first-order valence-electron chi connectivity index (χ1n) is 9.35. The van der Waals surface area contributed by atoms with E-state index in [0.29, 0.717) is 12.0 Å². The maximum absolute atomic E-state index is 11.1. The summed E-state index contributed by atoms with van der Waals surface area (Å²) in [6, 6.07) is 10.4. The average Bonchev–Trinajstić information content (AvgIpc) is 2.63. The molecule has 1 aromatic heterocycles. The number of anilines is 3. The molecule has 2 aromatic rings. The summed E-state index contributed by atoms with van der Waals surface area (Å²) in [5, 5.41) is 6.36. The van der Waals surface area contributed by atoms with Gasteiger partial charge in [0.25, 0.3) is 0 Å². The molecule has 1 unspecified atom stereocenters. The molecule has 27 heavy (non-hydrogen) atoms. The lowest BCUT2D eigenvalue weighted by Gasteiger charge is -2.33. The zero-order chi connectivity index (χ0) is 19.2. The van der Waals surface area contributed by atoms with Gasteiger partial charge < -0.3 is 15.5 Å². The second-order valence-corrected chi connectivity index (χ2v) is 7.23. The van der Waals surface area contributed by atoms with Crippen molar-refractivity contribution in [1.82, 2.24) is 14.9 Å². The van der Waals surface area contributed by atoms with Crippen LogP contribution in [0.25, 0.3) is 0 Å². The highest BCUT2D eigenvalue weighted by Crippen LogP contribution is 2.19. The molecule has 7 nitrogen and oxygen atoms in total. The summed E-state index contributed by atoms with van der Waals surface area (Å²) >= 11 is 0. The Balaban J connectivity index is 1.56. The van der Waals surface area contributed by atoms with Gasteiger partial charge in [-0.15, -0.1) is 0 Å². The molecule has 3 rings (SSSR count). The third kappa shape index (κ3) is 5.65. The number of piperidine rings is 1. The van der Waals surface area contributed by atoms with Crippen LogP contribution in [0.15, 0.2) is 36.5 Å². The molecule has 1 amide bonds. The van der Waals surface area contributed by atoms with Crippen molar-refractivity contribution in [1.29, 1.82) is 0 Å². The first-order valence-corrected chi connectivity index (χ1v) is 9.35. The van der Waals surface area contributed by atoms with Crippen LogP contribution >= 0.6 is 0 Å². The highest BCUT2D eigenvalue weighted by molar-refractivity contribution is 5.88. The van der Waals surface area contributed by atoms with Crippen molar-refractivity contribution < 1.29 is 4.79 Å². The lowest BCUT2D eigenvalue weighted by molar-refractivity contribution is -0.114. The fraction of sp³-hybridized carbons (Fsp3) is 0.450. The standard InChI is InChI=1S/C20H28N6O/c1-15(27)22-17-8-6-16(7-9-17)13-26-12-4-5-18(14-26)23-19-10-11-21-20(24-19)25(2)3/h6-11,18H,4-5,12-14H2,1-3H3,(H,22,27)(H,21,23,24). The van der Waals surface area contributed by atoms with Crippen molar-refractivity contribution >= 4 is 23.4 Å². The van der Waals surface area contributed by atoms with Gasteiger partial charge in [-0.3, -0.25) is 9.69 Å². The van der Waals surface area contributed by atoms with Gasteiger partial charge in [-0.1, -0.05) is 12.1 Å². The zero-order valence-electron chi connectivity index (χ0n) is 16.3. The normalized spacial score (nSPS) is 17.4. The van der Waals surface area contributed by atoms with E-state index in [9.17, 15) is 4.79 Å². The fourth-order valence-corrected chi connectivity index (χ4v) is 3.33. The number of hydrogen-bond acceptors (Lipinski definition) is 6. The fourth-order valence-electron chi connectivity index (χ4n) is 3.33. The Morgan fingerprint density at radius 2 is 2.04 bits per heavy atom. The molecule has 7 heteroatoms. The minimum Gasteiger partial charge on any atom is -0.366 e. The first kappa shape index (κ1) is 19.1. The molecule has 1 atom stereocenters. The first-order chi connectivity index (χ1) is 13.0. The summed E-state index contributed by atoms with van der Waals surface area (Å²) in [7, 11) is 3.89. The number of benzene rings is 1. The van der Waals surface area contributed by atoms with Crippen molar-refractivity contribution in [2.75, 3.05) is 42.7 Å². The van der Waals surface area contributed by atoms with Crippen LogP contribution in [0.1, 0.15) is 25.3 Å². The number of carbonyl (C=O) groups is 1. The Hall–Kier alpha value is -2.67. The number of carbonyl (C=O) groups excluding carboxylic acids is 1. The summed E-state index contributed by atoms with van der Waals surface area (Å²) in [5.41, 5.74) is 2.09. The lowest BCUT2D eigenvalue weighted by Crippen LogP contribution is -2.41. The van der Waals surface area contributed by atoms with Crippen LogP contribution in [0.2, 0.25) is 0 Å². The lowest BCUT2D eigenvalue weighted by atomic mass is 10.0. The number of nitrogens with one attached hydrogen (secondary N) is 2. The molecule has 1 aliphatic rings. The van der Waals surface area contributed by atoms with E-state index in [1.807, 2.05) is 37.2 Å². The number of hydrogen-bond donors (Lipinski definition) is 2. The Morgan fingerprint density at radius 3 is 2.74 bits per heavy atom. The second-order valence-electron chi connectivity index (χ2n) is 7.23. The molecule has 2 N–H and O–H groups in total. The second kappa shape index (κ2) is 8.81. The molecule has 1 aliphatic heterocycles. The zero-order valence-corrected chi connectivity index (χ0v) is 16.3. The van der Waals surface area contributed by atoms with Gasteiger partial charge in [-0.25, -0.2) is 4.98 Å². The van der Waals surface area contributed by atoms with Gasteiger partial charge in [0.15, 0.2) is 0 Å². The Bertz CT molecular complexity index is 761. The van der Waals surface area contributed by atoms with E-state index in [0.717, 1.165) is 44.0 Å². The van der Waals surface area contributed by atoms with Gasteiger partial charge >= 0.3 is 0 Å². The summed E-state index contributed by atoms with van der Waals surface area (Å²) in [6.45, 7) is 4.51. The van der Waals surface area contributed by atoms with Crippen LogP contribution in [-0.4, -0.2) is 54.0 Å². The minimum atomic E-state index is -0.0464. The maximum atomic E-state index is 11.1. The SMILES string of the molecule is CC(=O)Nc1ccc(CN2CCCC(Nc3ccnc(N(C)C)n3)C2)cc1. The number of nitrogens with zero attached hydrogens (tertiary/aromatic N) is 4. The van der Waals surface area contributed by atoms with Gasteiger partial charge in [0.1, 0.15) is 5.82 Å². The maximum Gasteiger partial charge on any atom is 0.226 e. The predicted octanol–water partition coefficient (Wildman–Crippen LogP) is 2.58. The molecule has 0 radical (unpaired) electrons. The Labute approximate surface area is 160 Å². The molecular weight excluding hydrogens is 340 g/mol. The number of likely N-dealkylation sites (tertiary alicyclic amines) is 1. The van der Waals surface area contributed by atoms with Crippen LogP contribution in [0.5, 0.6) is 0 Å². The highest BCUT2D eigenvalue weighted by atomic mass is 16.1. The van der Waals surface area contributed by atoms with Crippen LogP contribution in [0, 0.1) is 0 Å². The van der Waals surface area contributed by atoms with Crippen LogP contribution in [-0.2, 0) is 11.3 Å². The largest absolute Gasteiger partial charge is 0.366 e. The van der Waals surface area contributed by atoms with Crippen LogP contribution in [0.3, 0.4) is 0 Å². The molecule has 0 saturated carbocycles. The van der Waals surface area contributed by atoms with Crippen molar-refractivity contribution in [3.63, 3.8) is 0 Å². The summed E-state index contributed by atoms with van der Waals surface area (Å²) < 4.78 is 0. The summed E-state index contributed by atoms with van der Waals surface area (Å²) in [6.07, 6.45) is 4.09. The highest BCUT2D eigenvalue weighted by Gasteiger charge is 2.20. The number of rotatable bonds is 6.